The van der Waals surface area contributed by atoms with E-state index in [9.17, 15) is 19.7 Å². The smallest absolute Gasteiger partial charge is 0.345 e. The van der Waals surface area contributed by atoms with Gasteiger partial charge in [0.15, 0.2) is 18.1 Å². The number of methoxy groups -OCH3 is 2. The number of hydrogen-bond acceptors (Lipinski definition) is 7. The van der Waals surface area contributed by atoms with Crippen LogP contribution in [0.25, 0.3) is 0 Å². The molecule has 0 unspecified atom stereocenters. The maximum absolute atomic E-state index is 12.4. The molecule has 9 nitrogen and oxygen atoms in total. The minimum absolute atomic E-state index is 0.0994. The molecule has 2 aromatic carbocycles. The summed E-state index contributed by atoms with van der Waals surface area (Å²) in [5.74, 6) is -1.30. The van der Waals surface area contributed by atoms with E-state index < -0.39 is 29.1 Å². The van der Waals surface area contributed by atoms with Gasteiger partial charge >= 0.3 is 5.97 Å². The van der Waals surface area contributed by atoms with Crippen LogP contribution in [0.3, 0.4) is 0 Å². The largest absolute Gasteiger partial charge is 0.493 e. The molecule has 2 rings (SSSR count). The highest BCUT2D eigenvalue weighted by Gasteiger charge is 2.26. The van der Waals surface area contributed by atoms with Crippen LogP contribution in [0.5, 0.6) is 11.5 Å². The van der Waals surface area contributed by atoms with E-state index in [1.165, 1.54) is 14.2 Å². The van der Waals surface area contributed by atoms with Crippen molar-refractivity contribution < 1.29 is 28.7 Å². The molecule has 1 atom stereocenters. The maximum atomic E-state index is 12.4. The summed E-state index contributed by atoms with van der Waals surface area (Å²) in [4.78, 5) is 35.3. The van der Waals surface area contributed by atoms with Crippen LogP contribution in [0.4, 0.5) is 5.69 Å². The van der Waals surface area contributed by atoms with E-state index in [2.05, 4.69) is 5.32 Å². The second-order valence-electron chi connectivity index (χ2n) is 6.50. The molecule has 1 amide bonds. The Hall–Kier alpha value is -3.62. The minimum atomic E-state index is -1.01. The van der Waals surface area contributed by atoms with Crippen molar-refractivity contribution in [3.05, 3.63) is 63.2 Å². The normalized spacial score (nSPS) is 11.3. The third kappa shape index (κ3) is 5.47. The van der Waals surface area contributed by atoms with Gasteiger partial charge in [0.25, 0.3) is 11.6 Å². The van der Waals surface area contributed by atoms with Gasteiger partial charge in [0.1, 0.15) is 5.56 Å². The summed E-state index contributed by atoms with van der Waals surface area (Å²) >= 11 is 0. The fraction of sp³-hybridized carbons (Fsp3) is 0.333. The zero-order chi connectivity index (χ0) is 22.3. The van der Waals surface area contributed by atoms with Crippen LogP contribution < -0.4 is 14.8 Å². The van der Waals surface area contributed by atoms with Crippen LogP contribution >= 0.6 is 0 Å². The lowest BCUT2D eigenvalue weighted by Crippen LogP contribution is -2.32. The molecule has 0 heterocycles. The van der Waals surface area contributed by atoms with Crippen LogP contribution in [0, 0.1) is 17.0 Å². The van der Waals surface area contributed by atoms with Gasteiger partial charge in [0.2, 0.25) is 0 Å². The first-order valence-corrected chi connectivity index (χ1v) is 9.24. The molecule has 0 fully saturated rings. The van der Waals surface area contributed by atoms with E-state index in [4.69, 9.17) is 14.2 Å². The van der Waals surface area contributed by atoms with E-state index in [0.717, 1.165) is 23.3 Å². The lowest BCUT2D eigenvalue weighted by Gasteiger charge is -2.17. The first-order chi connectivity index (χ1) is 14.3. The molecule has 0 aliphatic heterocycles. The molecule has 0 saturated heterocycles. The standard InChI is InChI=1S/C21H24N2O7/c1-5-16(14-8-6-13(2)7-9-14)22-20(24)12-30-21(25)15-10-18(28-3)19(29-4)11-17(15)23(26)27/h6-11,16H,5,12H2,1-4H3,(H,22,24)/t16-/m1/s1. The minimum Gasteiger partial charge on any atom is -0.493 e. The molecule has 0 aromatic heterocycles. The van der Waals surface area contributed by atoms with Gasteiger partial charge < -0.3 is 19.5 Å². The number of nitro groups is 1. The predicted molar refractivity (Wildman–Crippen MR) is 109 cm³/mol. The molecule has 30 heavy (non-hydrogen) atoms. The van der Waals surface area contributed by atoms with Gasteiger partial charge in [-0.15, -0.1) is 0 Å². The van der Waals surface area contributed by atoms with Gasteiger partial charge in [-0.1, -0.05) is 36.8 Å². The summed E-state index contributed by atoms with van der Waals surface area (Å²) in [6.45, 7) is 3.31. The first kappa shape index (κ1) is 22.7. The quantitative estimate of drug-likeness (QED) is 0.378. The summed E-state index contributed by atoms with van der Waals surface area (Å²) in [7, 11) is 2.66. The number of amides is 1. The molecule has 0 saturated carbocycles. The Morgan fingerprint density at radius 3 is 2.23 bits per heavy atom. The molecule has 2 aromatic rings. The monoisotopic (exact) mass is 416 g/mol. The van der Waals surface area contributed by atoms with Crippen molar-refractivity contribution >= 4 is 17.6 Å². The number of carbonyl (C=O) groups excluding carboxylic acids is 2. The molecule has 0 aliphatic carbocycles. The number of nitrogens with zero attached hydrogens (tertiary/aromatic N) is 1. The first-order valence-electron chi connectivity index (χ1n) is 9.24. The van der Waals surface area contributed by atoms with Crippen molar-refractivity contribution in [3.8, 4) is 11.5 Å². The number of nitrogens with one attached hydrogen (secondary N) is 1. The van der Waals surface area contributed by atoms with Gasteiger partial charge in [-0.2, -0.15) is 0 Å². The van der Waals surface area contributed by atoms with E-state index in [1.54, 1.807) is 0 Å². The highest BCUT2D eigenvalue weighted by Crippen LogP contribution is 2.34. The van der Waals surface area contributed by atoms with E-state index in [1.807, 2.05) is 38.1 Å². The Morgan fingerprint density at radius 1 is 1.10 bits per heavy atom. The van der Waals surface area contributed by atoms with Crippen molar-refractivity contribution in [2.24, 2.45) is 0 Å². The van der Waals surface area contributed by atoms with Crippen molar-refractivity contribution in [1.29, 1.82) is 0 Å². The van der Waals surface area contributed by atoms with Crippen molar-refractivity contribution in [2.75, 3.05) is 20.8 Å². The topological polar surface area (TPSA) is 117 Å². The second kappa shape index (κ2) is 10.2. The molecular formula is C21H24N2O7. The average molecular weight is 416 g/mol. The van der Waals surface area contributed by atoms with Crippen LogP contribution in [-0.4, -0.2) is 37.6 Å². The Bertz CT molecular complexity index is 926. The molecule has 0 radical (unpaired) electrons. The molecule has 0 bridgehead atoms. The second-order valence-corrected chi connectivity index (χ2v) is 6.50. The van der Waals surface area contributed by atoms with Crippen LogP contribution in [0.2, 0.25) is 0 Å². The average Bonchev–Trinajstić information content (AvgIpc) is 2.75. The Morgan fingerprint density at radius 2 is 1.70 bits per heavy atom. The number of hydrogen-bond donors (Lipinski definition) is 1. The summed E-state index contributed by atoms with van der Waals surface area (Å²) in [5.41, 5.74) is 1.18. The van der Waals surface area contributed by atoms with Crippen LogP contribution in [0.1, 0.15) is 40.9 Å². The van der Waals surface area contributed by atoms with Crippen molar-refractivity contribution in [2.45, 2.75) is 26.3 Å². The Balaban J connectivity index is 2.09. The summed E-state index contributed by atoms with van der Waals surface area (Å²) < 4.78 is 15.1. The van der Waals surface area contributed by atoms with Gasteiger partial charge in [0.05, 0.1) is 31.3 Å². The third-order valence-corrected chi connectivity index (χ3v) is 4.48. The van der Waals surface area contributed by atoms with Gasteiger partial charge in [-0.05, 0) is 18.9 Å². The zero-order valence-electron chi connectivity index (χ0n) is 17.3. The molecule has 0 spiro atoms. The fourth-order valence-corrected chi connectivity index (χ4v) is 2.85. The number of esters is 1. The predicted octanol–water partition coefficient (Wildman–Crippen LogP) is 3.34. The van der Waals surface area contributed by atoms with Gasteiger partial charge in [-0.3, -0.25) is 14.9 Å². The van der Waals surface area contributed by atoms with Crippen LogP contribution in [-0.2, 0) is 9.53 Å². The van der Waals surface area contributed by atoms with Crippen molar-refractivity contribution in [3.63, 3.8) is 0 Å². The number of rotatable bonds is 9. The number of carbonyl (C=O) groups is 2. The number of ether oxygens (including phenoxy) is 3. The number of benzene rings is 2. The molecule has 1 N–H and O–H groups in total. The van der Waals surface area contributed by atoms with Crippen molar-refractivity contribution in [1.82, 2.24) is 5.32 Å². The van der Waals surface area contributed by atoms with Crippen LogP contribution in [0.15, 0.2) is 36.4 Å². The molecule has 0 aliphatic rings. The maximum Gasteiger partial charge on any atom is 0.345 e. The molecule has 160 valence electrons. The number of nitro benzene ring substituents is 1. The SMILES string of the molecule is CC[C@@H](NC(=O)COC(=O)c1cc(OC)c(OC)cc1[N+](=O)[O-])c1ccc(C)cc1. The lowest BCUT2D eigenvalue weighted by atomic mass is 10.0. The highest BCUT2D eigenvalue weighted by molar-refractivity contribution is 5.96. The fourth-order valence-electron chi connectivity index (χ4n) is 2.85. The molecular weight excluding hydrogens is 392 g/mol. The molecule has 9 heteroatoms. The number of aryl methyl sites for hydroxylation is 1. The van der Waals surface area contributed by atoms with E-state index >= 15 is 0 Å². The van der Waals surface area contributed by atoms with Gasteiger partial charge in [-0.25, -0.2) is 4.79 Å². The van der Waals surface area contributed by atoms with E-state index in [-0.39, 0.29) is 23.1 Å². The Labute approximate surface area is 174 Å². The lowest BCUT2D eigenvalue weighted by molar-refractivity contribution is -0.385. The summed E-state index contributed by atoms with van der Waals surface area (Å²) in [5, 5.41) is 14.1. The highest BCUT2D eigenvalue weighted by atomic mass is 16.6. The Kier molecular flexibility index (Phi) is 7.74. The van der Waals surface area contributed by atoms with Gasteiger partial charge in [0, 0.05) is 6.07 Å². The zero-order valence-corrected chi connectivity index (χ0v) is 17.3. The van der Waals surface area contributed by atoms with E-state index in [0.29, 0.717) is 6.42 Å². The summed E-state index contributed by atoms with van der Waals surface area (Å²) in [6, 6.07) is 9.71. The third-order valence-electron chi connectivity index (χ3n) is 4.48. The summed E-state index contributed by atoms with van der Waals surface area (Å²) in [6.07, 6.45) is 0.643.